The maximum absolute atomic E-state index is 10.9. The van der Waals surface area contributed by atoms with E-state index < -0.39 is 0 Å². The Hall–Kier alpha value is -0.420. The molecule has 0 saturated carbocycles. The van der Waals surface area contributed by atoms with Gasteiger partial charge in [-0.1, -0.05) is 0 Å². The van der Waals surface area contributed by atoms with Gasteiger partial charge in [0.05, 0.1) is 0 Å². The topological polar surface area (TPSA) is 17.1 Å². The third-order valence-electron chi connectivity index (χ3n) is 2.36. The van der Waals surface area contributed by atoms with Gasteiger partial charge in [-0.25, -0.2) is 0 Å². The largest absolute Gasteiger partial charge is 0.303 e. The molecule has 12 heavy (non-hydrogen) atoms. The zero-order chi connectivity index (χ0) is 8.86. The summed E-state index contributed by atoms with van der Waals surface area (Å²) in [6.07, 6.45) is 3.90. The molecule has 0 aromatic carbocycles. The highest BCUT2D eigenvalue weighted by Crippen LogP contribution is 2.35. The van der Waals surface area contributed by atoms with E-state index >= 15 is 0 Å². The Balaban J connectivity index is 2.57. The molecule has 2 heteroatoms. The molecule has 0 aliphatic carbocycles. The lowest BCUT2D eigenvalue weighted by Gasteiger charge is -2.29. The van der Waals surface area contributed by atoms with Gasteiger partial charge in [-0.05, 0) is 31.3 Å². The third-order valence-corrected chi connectivity index (χ3v) is 3.34. The number of aldehydes is 1. The molecule has 0 amide bonds. The van der Waals surface area contributed by atoms with Gasteiger partial charge < -0.3 is 4.79 Å². The molecule has 1 fully saturated rings. The van der Waals surface area contributed by atoms with Crippen LogP contribution in [0.1, 0.15) is 26.2 Å². The zero-order valence-corrected chi connectivity index (χ0v) is 8.25. The molecule has 0 aromatic rings. The zero-order valence-electron chi connectivity index (χ0n) is 7.43. The van der Waals surface area contributed by atoms with Crippen molar-refractivity contribution in [1.29, 1.82) is 0 Å². The fourth-order valence-corrected chi connectivity index (χ4v) is 2.68. The van der Waals surface area contributed by atoms with Gasteiger partial charge in [-0.2, -0.15) is 11.8 Å². The van der Waals surface area contributed by atoms with E-state index in [1.165, 1.54) is 0 Å². The third kappa shape index (κ3) is 2.28. The highest BCUT2D eigenvalue weighted by molar-refractivity contribution is 7.99. The number of carbonyl (C=O) groups excluding carboxylic acids is 1. The van der Waals surface area contributed by atoms with Crippen LogP contribution < -0.4 is 0 Å². The van der Waals surface area contributed by atoms with Crippen molar-refractivity contribution in [2.75, 3.05) is 11.5 Å². The van der Waals surface area contributed by atoms with E-state index in [0.29, 0.717) is 0 Å². The van der Waals surface area contributed by atoms with Gasteiger partial charge in [0.15, 0.2) is 0 Å². The molecule has 1 heterocycles. The van der Waals surface area contributed by atoms with Crippen molar-refractivity contribution < 1.29 is 4.79 Å². The van der Waals surface area contributed by atoms with Crippen LogP contribution in [0.4, 0.5) is 0 Å². The highest BCUT2D eigenvalue weighted by Gasteiger charge is 2.30. The summed E-state index contributed by atoms with van der Waals surface area (Å²) in [4.78, 5) is 10.9. The molecule has 66 valence electrons. The van der Waals surface area contributed by atoms with Crippen LogP contribution >= 0.6 is 11.8 Å². The van der Waals surface area contributed by atoms with E-state index in [4.69, 9.17) is 0 Å². The molecule has 1 nitrogen and oxygen atoms in total. The summed E-state index contributed by atoms with van der Waals surface area (Å²) >= 11 is 1.94. The molecule has 0 aromatic heterocycles. The van der Waals surface area contributed by atoms with Crippen molar-refractivity contribution in [3.8, 4) is 11.8 Å². The van der Waals surface area contributed by atoms with E-state index in [1.54, 1.807) is 0 Å². The lowest BCUT2D eigenvalue weighted by Crippen LogP contribution is -2.27. The number of carbonyl (C=O) groups is 1. The van der Waals surface area contributed by atoms with Crippen molar-refractivity contribution in [2.45, 2.75) is 26.2 Å². The SMILES string of the molecule is CC#CCC1(C=O)CCSCC1. The first-order valence-corrected chi connectivity index (χ1v) is 5.42. The second kappa shape index (κ2) is 4.57. The summed E-state index contributed by atoms with van der Waals surface area (Å²) in [7, 11) is 0. The highest BCUT2D eigenvalue weighted by atomic mass is 32.2. The van der Waals surface area contributed by atoms with Crippen LogP contribution in [0.2, 0.25) is 0 Å². The number of hydrogen-bond donors (Lipinski definition) is 0. The van der Waals surface area contributed by atoms with Gasteiger partial charge in [0.1, 0.15) is 6.29 Å². The Kier molecular flexibility index (Phi) is 3.68. The van der Waals surface area contributed by atoms with E-state index in [1.807, 2.05) is 18.7 Å². The van der Waals surface area contributed by atoms with Crippen LogP contribution in [0.25, 0.3) is 0 Å². The molecule has 0 radical (unpaired) electrons. The van der Waals surface area contributed by atoms with Crippen molar-refractivity contribution in [1.82, 2.24) is 0 Å². The second-order valence-electron chi connectivity index (χ2n) is 3.20. The molecular formula is C10H14OS. The van der Waals surface area contributed by atoms with Gasteiger partial charge >= 0.3 is 0 Å². The van der Waals surface area contributed by atoms with Crippen LogP contribution in [-0.2, 0) is 4.79 Å². The molecule has 0 N–H and O–H groups in total. The van der Waals surface area contributed by atoms with E-state index in [0.717, 1.165) is 37.1 Å². The first-order chi connectivity index (χ1) is 5.83. The van der Waals surface area contributed by atoms with Crippen LogP contribution in [0.3, 0.4) is 0 Å². The van der Waals surface area contributed by atoms with Crippen LogP contribution in [-0.4, -0.2) is 17.8 Å². The van der Waals surface area contributed by atoms with Crippen molar-refractivity contribution >= 4 is 18.0 Å². The fourth-order valence-electron chi connectivity index (χ4n) is 1.38. The summed E-state index contributed by atoms with van der Waals surface area (Å²) < 4.78 is 0. The first kappa shape index (κ1) is 9.67. The predicted octanol–water partition coefficient (Wildman–Crippen LogP) is 2.11. The second-order valence-corrected chi connectivity index (χ2v) is 4.42. The number of thioether (sulfide) groups is 1. The van der Waals surface area contributed by atoms with Gasteiger partial charge in [-0.3, -0.25) is 0 Å². The quantitative estimate of drug-likeness (QED) is 0.480. The maximum atomic E-state index is 10.9. The van der Waals surface area contributed by atoms with Gasteiger partial charge in [-0.15, -0.1) is 11.8 Å². The molecule has 1 rings (SSSR count). The fraction of sp³-hybridized carbons (Fsp3) is 0.700. The number of rotatable bonds is 2. The Labute approximate surface area is 78.3 Å². The molecule has 1 aliphatic rings. The summed E-state index contributed by atoms with van der Waals surface area (Å²) in [6, 6.07) is 0. The lowest BCUT2D eigenvalue weighted by atomic mass is 9.81. The minimum atomic E-state index is -0.103. The summed E-state index contributed by atoms with van der Waals surface area (Å²) in [5, 5.41) is 0. The minimum absolute atomic E-state index is 0.103. The normalized spacial score (nSPS) is 20.8. The van der Waals surface area contributed by atoms with Crippen LogP contribution in [0.15, 0.2) is 0 Å². The van der Waals surface area contributed by atoms with Gasteiger partial charge in [0.2, 0.25) is 0 Å². The van der Waals surface area contributed by atoms with Crippen molar-refractivity contribution in [2.24, 2.45) is 5.41 Å². The molecule has 0 atom stereocenters. The molecule has 0 bridgehead atoms. The lowest BCUT2D eigenvalue weighted by molar-refractivity contribution is -0.116. The van der Waals surface area contributed by atoms with Crippen molar-refractivity contribution in [3.63, 3.8) is 0 Å². The van der Waals surface area contributed by atoms with E-state index in [2.05, 4.69) is 11.8 Å². The molecule has 0 unspecified atom stereocenters. The molecular weight excluding hydrogens is 168 g/mol. The molecule has 1 saturated heterocycles. The van der Waals surface area contributed by atoms with Gasteiger partial charge in [0, 0.05) is 11.8 Å². The molecule has 1 aliphatic heterocycles. The first-order valence-electron chi connectivity index (χ1n) is 4.27. The average molecular weight is 182 g/mol. The van der Waals surface area contributed by atoms with Gasteiger partial charge in [0.25, 0.3) is 0 Å². The Morgan fingerprint density at radius 2 is 2.17 bits per heavy atom. The monoisotopic (exact) mass is 182 g/mol. The van der Waals surface area contributed by atoms with Crippen LogP contribution in [0.5, 0.6) is 0 Å². The van der Waals surface area contributed by atoms with Crippen molar-refractivity contribution in [3.05, 3.63) is 0 Å². The maximum Gasteiger partial charge on any atom is 0.127 e. The predicted molar refractivity (Wildman–Crippen MR) is 53.1 cm³/mol. The average Bonchev–Trinajstić information content (AvgIpc) is 2.16. The smallest absolute Gasteiger partial charge is 0.127 e. The number of hydrogen-bond acceptors (Lipinski definition) is 2. The molecule has 0 spiro atoms. The van der Waals surface area contributed by atoms with E-state index in [9.17, 15) is 4.79 Å². The van der Waals surface area contributed by atoms with Crippen LogP contribution in [0, 0.1) is 17.3 Å². The minimum Gasteiger partial charge on any atom is -0.303 e. The summed E-state index contributed by atoms with van der Waals surface area (Å²) in [5.41, 5.74) is -0.103. The Morgan fingerprint density at radius 3 is 2.67 bits per heavy atom. The Bertz CT molecular complexity index is 206. The summed E-state index contributed by atoms with van der Waals surface area (Å²) in [6.45, 7) is 1.83. The standard InChI is InChI=1S/C10H14OS/c1-2-3-4-10(9-11)5-7-12-8-6-10/h9H,4-8H2,1H3. The Morgan fingerprint density at radius 1 is 1.50 bits per heavy atom. The van der Waals surface area contributed by atoms with E-state index in [-0.39, 0.29) is 5.41 Å². The summed E-state index contributed by atoms with van der Waals surface area (Å²) in [5.74, 6) is 8.11.